The maximum atomic E-state index is 12.2. The molecule has 0 atom stereocenters. The summed E-state index contributed by atoms with van der Waals surface area (Å²) in [6, 6.07) is 15.4. The molecule has 1 aliphatic rings. The number of para-hydroxylation sites is 1. The lowest BCUT2D eigenvalue weighted by Crippen LogP contribution is -2.46. The van der Waals surface area contributed by atoms with Gasteiger partial charge in [-0.3, -0.25) is 9.69 Å². The highest BCUT2D eigenvalue weighted by atomic mass is 35.5. The first kappa shape index (κ1) is 16.1. The van der Waals surface area contributed by atoms with Crippen molar-refractivity contribution in [3.63, 3.8) is 0 Å². The predicted molar refractivity (Wildman–Crippen MR) is 101 cm³/mol. The van der Waals surface area contributed by atoms with Crippen LogP contribution in [0.15, 0.2) is 53.3 Å². The van der Waals surface area contributed by atoms with Crippen molar-refractivity contribution in [2.45, 2.75) is 6.54 Å². The number of nitrogens with one attached hydrogen (secondary N) is 1. The highest BCUT2D eigenvalue weighted by molar-refractivity contribution is 6.30. The van der Waals surface area contributed by atoms with Crippen molar-refractivity contribution in [3.8, 4) is 0 Å². The number of nitrogens with zero attached hydrogens (tertiary/aromatic N) is 3. The molecule has 0 aliphatic carbocycles. The van der Waals surface area contributed by atoms with E-state index in [4.69, 9.17) is 11.6 Å². The summed E-state index contributed by atoms with van der Waals surface area (Å²) in [5, 5.41) is 1.40. The van der Waals surface area contributed by atoms with Gasteiger partial charge in [0.1, 0.15) is 5.82 Å². The van der Waals surface area contributed by atoms with E-state index in [9.17, 15) is 4.79 Å². The van der Waals surface area contributed by atoms with E-state index in [0.717, 1.165) is 48.2 Å². The van der Waals surface area contributed by atoms with Crippen molar-refractivity contribution in [2.75, 3.05) is 31.1 Å². The van der Waals surface area contributed by atoms with Gasteiger partial charge in [-0.15, -0.1) is 0 Å². The zero-order valence-corrected chi connectivity index (χ0v) is 14.5. The molecule has 1 N–H and O–H groups in total. The lowest BCUT2D eigenvalue weighted by molar-refractivity contribution is 0.244. The molecule has 1 fully saturated rings. The van der Waals surface area contributed by atoms with E-state index in [1.165, 1.54) is 0 Å². The minimum atomic E-state index is -0.0711. The molecule has 2 aromatic carbocycles. The lowest BCUT2D eigenvalue weighted by Gasteiger charge is -2.35. The molecular weight excluding hydrogens is 336 g/mol. The molecule has 5 nitrogen and oxygen atoms in total. The number of piperazine rings is 1. The zero-order chi connectivity index (χ0) is 17.2. The molecule has 0 saturated carbocycles. The Labute approximate surface area is 150 Å². The zero-order valence-electron chi connectivity index (χ0n) is 13.8. The molecule has 1 aliphatic heterocycles. The Morgan fingerprint density at radius 2 is 1.84 bits per heavy atom. The van der Waals surface area contributed by atoms with Crippen LogP contribution < -0.4 is 10.5 Å². The molecule has 1 aromatic heterocycles. The van der Waals surface area contributed by atoms with Crippen molar-refractivity contribution in [3.05, 3.63) is 69.7 Å². The molecular formula is C19H19ClN4O. The summed E-state index contributed by atoms with van der Waals surface area (Å²) in [7, 11) is 0. The average molecular weight is 355 g/mol. The summed E-state index contributed by atoms with van der Waals surface area (Å²) in [4.78, 5) is 24.3. The molecule has 0 unspecified atom stereocenters. The number of aromatic amines is 1. The number of hydrogen-bond acceptors (Lipinski definition) is 4. The van der Waals surface area contributed by atoms with Gasteiger partial charge in [0, 0.05) is 36.9 Å². The normalized spacial score (nSPS) is 15.6. The second-order valence-corrected chi connectivity index (χ2v) is 6.71. The van der Waals surface area contributed by atoms with Crippen molar-refractivity contribution in [2.24, 2.45) is 0 Å². The molecule has 0 bridgehead atoms. The van der Waals surface area contributed by atoms with E-state index in [-0.39, 0.29) is 5.56 Å². The molecule has 6 heteroatoms. The number of hydrogen-bond donors (Lipinski definition) is 1. The van der Waals surface area contributed by atoms with E-state index in [2.05, 4.69) is 25.8 Å². The SMILES string of the molecule is O=c1[nH]c(CN2CCN(c3cccc(Cl)c3)CC2)nc2ccccc12. The van der Waals surface area contributed by atoms with Gasteiger partial charge in [0.05, 0.1) is 17.4 Å². The summed E-state index contributed by atoms with van der Waals surface area (Å²) in [5.74, 6) is 0.722. The molecule has 1 saturated heterocycles. The van der Waals surface area contributed by atoms with E-state index in [1.807, 2.05) is 36.4 Å². The van der Waals surface area contributed by atoms with Crippen LogP contribution in [0.1, 0.15) is 5.82 Å². The smallest absolute Gasteiger partial charge is 0.258 e. The van der Waals surface area contributed by atoms with Crippen LogP contribution in [0.3, 0.4) is 0 Å². The van der Waals surface area contributed by atoms with Gasteiger partial charge in [-0.05, 0) is 30.3 Å². The molecule has 128 valence electrons. The largest absolute Gasteiger partial charge is 0.369 e. The monoisotopic (exact) mass is 354 g/mol. The summed E-state index contributed by atoms with van der Waals surface area (Å²) >= 11 is 6.08. The fourth-order valence-electron chi connectivity index (χ4n) is 3.26. The number of fused-ring (bicyclic) bond motifs is 1. The van der Waals surface area contributed by atoms with E-state index in [0.29, 0.717) is 11.9 Å². The van der Waals surface area contributed by atoms with E-state index >= 15 is 0 Å². The minimum Gasteiger partial charge on any atom is -0.369 e. The molecule has 2 heterocycles. The highest BCUT2D eigenvalue weighted by Crippen LogP contribution is 2.21. The van der Waals surface area contributed by atoms with Crippen LogP contribution in [-0.4, -0.2) is 41.0 Å². The third-order valence-electron chi connectivity index (χ3n) is 4.58. The fourth-order valence-corrected chi connectivity index (χ4v) is 3.44. The van der Waals surface area contributed by atoms with Crippen LogP contribution in [0, 0.1) is 0 Å². The second kappa shape index (κ2) is 6.86. The van der Waals surface area contributed by atoms with Gasteiger partial charge in [-0.1, -0.05) is 29.8 Å². The Bertz CT molecular complexity index is 947. The van der Waals surface area contributed by atoms with Crippen LogP contribution >= 0.6 is 11.6 Å². The van der Waals surface area contributed by atoms with Crippen molar-refractivity contribution >= 4 is 28.2 Å². The standard InChI is InChI=1S/C19H19ClN4O/c20-14-4-3-5-15(12-14)24-10-8-23(9-11-24)13-18-21-17-7-2-1-6-16(17)19(25)22-18/h1-7,12H,8-11,13H2,(H,21,22,25). The Kier molecular flexibility index (Phi) is 4.42. The fraction of sp³-hybridized carbons (Fsp3) is 0.263. The first-order valence-corrected chi connectivity index (χ1v) is 8.78. The van der Waals surface area contributed by atoms with Crippen LogP contribution in [0.5, 0.6) is 0 Å². The lowest BCUT2D eigenvalue weighted by atomic mass is 10.2. The third-order valence-corrected chi connectivity index (χ3v) is 4.82. The quantitative estimate of drug-likeness (QED) is 0.785. The number of halogens is 1. The van der Waals surface area contributed by atoms with Gasteiger partial charge in [0.2, 0.25) is 0 Å². The number of H-pyrrole nitrogens is 1. The van der Waals surface area contributed by atoms with Gasteiger partial charge >= 0.3 is 0 Å². The summed E-state index contributed by atoms with van der Waals surface area (Å²) in [5.41, 5.74) is 1.83. The Balaban J connectivity index is 1.44. The van der Waals surface area contributed by atoms with Crippen molar-refractivity contribution in [1.82, 2.24) is 14.9 Å². The third kappa shape index (κ3) is 3.52. The molecule has 4 rings (SSSR count). The van der Waals surface area contributed by atoms with Crippen LogP contribution in [-0.2, 0) is 6.54 Å². The van der Waals surface area contributed by atoms with Gasteiger partial charge in [0.25, 0.3) is 5.56 Å². The average Bonchev–Trinajstić information content (AvgIpc) is 2.62. The first-order chi connectivity index (χ1) is 12.2. The molecule has 0 radical (unpaired) electrons. The number of rotatable bonds is 3. The summed E-state index contributed by atoms with van der Waals surface area (Å²) in [6.07, 6.45) is 0. The molecule has 25 heavy (non-hydrogen) atoms. The Morgan fingerprint density at radius 1 is 1.04 bits per heavy atom. The van der Waals surface area contributed by atoms with Gasteiger partial charge < -0.3 is 9.88 Å². The van der Waals surface area contributed by atoms with E-state index < -0.39 is 0 Å². The Hall–Kier alpha value is -2.37. The predicted octanol–water partition coefficient (Wildman–Crippen LogP) is 2.90. The van der Waals surface area contributed by atoms with Crippen LogP contribution in [0.4, 0.5) is 5.69 Å². The maximum Gasteiger partial charge on any atom is 0.258 e. The maximum absolute atomic E-state index is 12.2. The topological polar surface area (TPSA) is 52.2 Å². The molecule has 0 amide bonds. The number of aromatic nitrogens is 2. The highest BCUT2D eigenvalue weighted by Gasteiger charge is 2.18. The minimum absolute atomic E-state index is 0.0711. The first-order valence-electron chi connectivity index (χ1n) is 8.40. The van der Waals surface area contributed by atoms with Crippen LogP contribution in [0.25, 0.3) is 10.9 Å². The second-order valence-electron chi connectivity index (χ2n) is 6.27. The molecule has 3 aromatic rings. The summed E-state index contributed by atoms with van der Waals surface area (Å²) < 4.78 is 0. The van der Waals surface area contributed by atoms with Gasteiger partial charge in [-0.25, -0.2) is 4.98 Å². The van der Waals surface area contributed by atoms with E-state index in [1.54, 1.807) is 6.07 Å². The number of anilines is 1. The molecule has 0 spiro atoms. The van der Waals surface area contributed by atoms with Gasteiger partial charge in [0.15, 0.2) is 0 Å². The number of benzene rings is 2. The van der Waals surface area contributed by atoms with Crippen molar-refractivity contribution in [1.29, 1.82) is 0 Å². The summed E-state index contributed by atoms with van der Waals surface area (Å²) in [6.45, 7) is 4.35. The van der Waals surface area contributed by atoms with Crippen molar-refractivity contribution < 1.29 is 0 Å². The van der Waals surface area contributed by atoms with Gasteiger partial charge in [-0.2, -0.15) is 0 Å². The Morgan fingerprint density at radius 3 is 2.64 bits per heavy atom. The van der Waals surface area contributed by atoms with Crippen LogP contribution in [0.2, 0.25) is 5.02 Å².